The number of hydrogen-bond donors (Lipinski definition) is 2. The number of ether oxygens (including phenoxy) is 1. The lowest BCUT2D eigenvalue weighted by Gasteiger charge is -2.31. The molecule has 32 heavy (non-hydrogen) atoms. The standard InChI is InChI=1S/C25H29N5O2/c1-18-7-5-9-21(32-2)25(18)29-24(31)17-30-15-12-19(13-16-30)20-8-6-11-23(27-20)28-22-10-3-4-14-26-22/h3-11,14,19H,12-13,15-17H2,1-2H3,(H,29,31)(H,26,27,28). The van der Waals surface area contributed by atoms with Crippen LogP contribution < -0.4 is 15.4 Å². The average Bonchev–Trinajstić information content (AvgIpc) is 2.82. The number of aromatic nitrogens is 2. The average molecular weight is 432 g/mol. The number of nitrogens with one attached hydrogen (secondary N) is 2. The van der Waals surface area contributed by atoms with Gasteiger partial charge in [-0.15, -0.1) is 0 Å². The number of amides is 1. The molecule has 4 rings (SSSR count). The predicted octanol–water partition coefficient (Wildman–Crippen LogP) is 4.36. The lowest BCUT2D eigenvalue weighted by molar-refractivity contribution is -0.117. The van der Waals surface area contributed by atoms with Gasteiger partial charge in [0, 0.05) is 17.8 Å². The van der Waals surface area contributed by atoms with E-state index < -0.39 is 0 Å². The van der Waals surface area contributed by atoms with Gasteiger partial charge in [0.15, 0.2) is 0 Å². The first-order chi connectivity index (χ1) is 15.6. The Morgan fingerprint density at radius 2 is 1.84 bits per heavy atom. The van der Waals surface area contributed by atoms with Crippen LogP contribution in [0, 0.1) is 6.92 Å². The van der Waals surface area contributed by atoms with Crippen LogP contribution in [-0.4, -0.2) is 47.5 Å². The molecule has 1 aromatic carbocycles. The molecule has 166 valence electrons. The van der Waals surface area contributed by atoms with Crippen LogP contribution >= 0.6 is 0 Å². The minimum Gasteiger partial charge on any atom is -0.495 e. The Labute approximate surface area is 188 Å². The number of likely N-dealkylation sites (tertiary alicyclic amines) is 1. The molecule has 0 bridgehead atoms. The molecule has 7 nitrogen and oxygen atoms in total. The topological polar surface area (TPSA) is 79.4 Å². The van der Waals surface area contributed by atoms with Gasteiger partial charge in [-0.25, -0.2) is 9.97 Å². The van der Waals surface area contributed by atoms with Gasteiger partial charge < -0.3 is 15.4 Å². The van der Waals surface area contributed by atoms with Crippen LogP contribution in [-0.2, 0) is 4.79 Å². The quantitative estimate of drug-likeness (QED) is 0.579. The summed E-state index contributed by atoms with van der Waals surface area (Å²) in [5, 5.41) is 6.28. The second-order valence-corrected chi connectivity index (χ2v) is 8.04. The van der Waals surface area contributed by atoms with Crippen molar-refractivity contribution in [2.45, 2.75) is 25.7 Å². The zero-order chi connectivity index (χ0) is 22.3. The first kappa shape index (κ1) is 21.8. The Morgan fingerprint density at radius 1 is 1.06 bits per heavy atom. The number of pyridine rings is 2. The highest BCUT2D eigenvalue weighted by molar-refractivity contribution is 5.94. The van der Waals surface area contributed by atoms with E-state index in [9.17, 15) is 4.79 Å². The third kappa shape index (κ3) is 5.42. The number of piperidine rings is 1. The molecule has 7 heteroatoms. The fourth-order valence-corrected chi connectivity index (χ4v) is 4.06. The summed E-state index contributed by atoms with van der Waals surface area (Å²) in [4.78, 5) is 23.9. The number of carbonyl (C=O) groups excluding carboxylic acids is 1. The number of anilines is 3. The Balaban J connectivity index is 1.31. The SMILES string of the molecule is COc1cccc(C)c1NC(=O)CN1CCC(c2cccc(Nc3ccccn3)n2)CC1. The van der Waals surface area contributed by atoms with E-state index >= 15 is 0 Å². The number of carbonyl (C=O) groups is 1. The van der Waals surface area contributed by atoms with Crippen molar-refractivity contribution in [1.82, 2.24) is 14.9 Å². The molecule has 0 aliphatic carbocycles. The van der Waals surface area contributed by atoms with Gasteiger partial charge in [-0.05, 0) is 68.8 Å². The lowest BCUT2D eigenvalue weighted by Crippen LogP contribution is -2.39. The maximum atomic E-state index is 12.6. The van der Waals surface area contributed by atoms with Crippen molar-refractivity contribution < 1.29 is 9.53 Å². The van der Waals surface area contributed by atoms with E-state index in [0.717, 1.165) is 54.5 Å². The zero-order valence-corrected chi connectivity index (χ0v) is 18.5. The maximum Gasteiger partial charge on any atom is 0.238 e. The smallest absolute Gasteiger partial charge is 0.238 e. The highest BCUT2D eigenvalue weighted by Gasteiger charge is 2.23. The second kappa shape index (κ2) is 10.2. The van der Waals surface area contributed by atoms with Crippen molar-refractivity contribution in [2.75, 3.05) is 37.4 Å². The molecule has 1 saturated heterocycles. The van der Waals surface area contributed by atoms with Crippen LogP contribution in [0.15, 0.2) is 60.8 Å². The Kier molecular flexibility index (Phi) is 6.97. The molecular formula is C25H29N5O2. The van der Waals surface area contributed by atoms with E-state index in [1.165, 1.54) is 0 Å². The Hall–Kier alpha value is -3.45. The first-order valence-corrected chi connectivity index (χ1v) is 10.9. The van der Waals surface area contributed by atoms with Crippen LogP contribution in [0.3, 0.4) is 0 Å². The molecule has 3 heterocycles. The summed E-state index contributed by atoms with van der Waals surface area (Å²) in [7, 11) is 1.62. The van der Waals surface area contributed by atoms with Crippen molar-refractivity contribution in [3.05, 3.63) is 72.1 Å². The summed E-state index contributed by atoms with van der Waals surface area (Å²) in [5.41, 5.74) is 2.82. The minimum absolute atomic E-state index is 0.0178. The van der Waals surface area contributed by atoms with Gasteiger partial charge in [0.1, 0.15) is 17.4 Å². The number of nitrogens with zero attached hydrogens (tertiary/aromatic N) is 3. The summed E-state index contributed by atoms with van der Waals surface area (Å²) >= 11 is 0. The van der Waals surface area contributed by atoms with E-state index in [4.69, 9.17) is 9.72 Å². The van der Waals surface area contributed by atoms with Gasteiger partial charge >= 0.3 is 0 Å². The summed E-state index contributed by atoms with van der Waals surface area (Å²) in [6.07, 6.45) is 3.70. The van der Waals surface area contributed by atoms with Gasteiger partial charge in [-0.1, -0.05) is 24.3 Å². The molecule has 2 aromatic heterocycles. The molecule has 1 aliphatic rings. The molecule has 1 amide bonds. The van der Waals surface area contributed by atoms with Crippen molar-refractivity contribution in [2.24, 2.45) is 0 Å². The van der Waals surface area contributed by atoms with Crippen molar-refractivity contribution in [1.29, 1.82) is 0 Å². The van der Waals surface area contributed by atoms with E-state index in [-0.39, 0.29) is 5.91 Å². The maximum absolute atomic E-state index is 12.6. The number of rotatable bonds is 7. The van der Waals surface area contributed by atoms with E-state index in [1.807, 2.05) is 55.5 Å². The van der Waals surface area contributed by atoms with Crippen LogP contribution in [0.1, 0.15) is 30.0 Å². The largest absolute Gasteiger partial charge is 0.495 e. The summed E-state index contributed by atoms with van der Waals surface area (Å²) < 4.78 is 5.38. The van der Waals surface area contributed by atoms with Crippen LogP contribution in [0.25, 0.3) is 0 Å². The molecule has 0 atom stereocenters. The zero-order valence-electron chi connectivity index (χ0n) is 18.5. The fraction of sp³-hybridized carbons (Fsp3) is 0.320. The number of hydrogen-bond acceptors (Lipinski definition) is 6. The number of aryl methyl sites for hydroxylation is 1. The van der Waals surface area contributed by atoms with Crippen molar-refractivity contribution >= 4 is 23.2 Å². The number of methoxy groups -OCH3 is 1. The van der Waals surface area contributed by atoms with Crippen LogP contribution in [0.4, 0.5) is 17.3 Å². The molecule has 0 unspecified atom stereocenters. The molecule has 0 saturated carbocycles. The van der Waals surface area contributed by atoms with Crippen LogP contribution in [0.5, 0.6) is 5.75 Å². The second-order valence-electron chi connectivity index (χ2n) is 8.04. The van der Waals surface area contributed by atoms with E-state index in [1.54, 1.807) is 13.3 Å². The molecule has 0 spiro atoms. The monoisotopic (exact) mass is 431 g/mol. The fourth-order valence-electron chi connectivity index (χ4n) is 4.06. The predicted molar refractivity (Wildman–Crippen MR) is 127 cm³/mol. The van der Waals surface area contributed by atoms with Gasteiger partial charge in [0.25, 0.3) is 0 Å². The van der Waals surface area contributed by atoms with Gasteiger partial charge in [0.05, 0.1) is 19.3 Å². The molecular weight excluding hydrogens is 402 g/mol. The summed E-state index contributed by atoms with van der Waals surface area (Å²) in [6, 6.07) is 17.6. The minimum atomic E-state index is -0.0178. The molecule has 2 N–H and O–H groups in total. The molecule has 1 fully saturated rings. The normalized spacial score (nSPS) is 14.7. The van der Waals surface area contributed by atoms with Crippen molar-refractivity contribution in [3.8, 4) is 5.75 Å². The number of para-hydroxylation sites is 1. The molecule has 0 radical (unpaired) electrons. The Bertz CT molecular complexity index is 1050. The van der Waals surface area contributed by atoms with Crippen molar-refractivity contribution in [3.63, 3.8) is 0 Å². The van der Waals surface area contributed by atoms with E-state index in [2.05, 4.69) is 26.6 Å². The molecule has 1 aliphatic heterocycles. The third-order valence-electron chi connectivity index (χ3n) is 5.78. The van der Waals surface area contributed by atoms with Gasteiger partial charge in [0.2, 0.25) is 5.91 Å². The summed E-state index contributed by atoms with van der Waals surface area (Å²) in [6.45, 7) is 4.07. The van der Waals surface area contributed by atoms with Crippen LogP contribution in [0.2, 0.25) is 0 Å². The lowest BCUT2D eigenvalue weighted by atomic mass is 9.93. The third-order valence-corrected chi connectivity index (χ3v) is 5.78. The highest BCUT2D eigenvalue weighted by Crippen LogP contribution is 2.29. The van der Waals surface area contributed by atoms with Gasteiger partial charge in [-0.2, -0.15) is 0 Å². The first-order valence-electron chi connectivity index (χ1n) is 10.9. The number of benzene rings is 1. The summed E-state index contributed by atoms with van der Waals surface area (Å²) in [5.74, 6) is 2.63. The Morgan fingerprint density at radius 3 is 2.59 bits per heavy atom. The molecule has 3 aromatic rings. The van der Waals surface area contributed by atoms with Gasteiger partial charge in [-0.3, -0.25) is 9.69 Å². The highest BCUT2D eigenvalue weighted by atomic mass is 16.5. The van der Waals surface area contributed by atoms with E-state index in [0.29, 0.717) is 18.2 Å².